The van der Waals surface area contributed by atoms with Gasteiger partial charge in [0.2, 0.25) is 0 Å². The molecule has 1 aliphatic rings. The van der Waals surface area contributed by atoms with Gasteiger partial charge < -0.3 is 0 Å². The van der Waals surface area contributed by atoms with E-state index in [9.17, 15) is 4.79 Å². The largest absolute Gasteiger partial charge is 0.294 e. The van der Waals surface area contributed by atoms with Crippen LogP contribution in [0.15, 0.2) is 40.9 Å². The summed E-state index contributed by atoms with van der Waals surface area (Å²) in [5.74, 6) is 0.475. The zero-order valence-corrected chi connectivity index (χ0v) is 13.5. The smallest absolute Gasteiger partial charge is 0.167 e. The Morgan fingerprint density at radius 1 is 1.15 bits per heavy atom. The molecule has 0 aliphatic heterocycles. The lowest BCUT2D eigenvalue weighted by atomic mass is 9.77. The Labute approximate surface area is 128 Å². The van der Waals surface area contributed by atoms with Gasteiger partial charge in [0.1, 0.15) is 0 Å². The lowest BCUT2D eigenvalue weighted by Gasteiger charge is -2.26. The van der Waals surface area contributed by atoms with Crippen LogP contribution in [0.5, 0.6) is 0 Å². The summed E-state index contributed by atoms with van der Waals surface area (Å²) in [6.07, 6.45) is 3.34. The molecule has 0 saturated heterocycles. The van der Waals surface area contributed by atoms with E-state index in [-0.39, 0.29) is 11.3 Å². The van der Waals surface area contributed by atoms with Gasteiger partial charge in [-0.3, -0.25) is 4.79 Å². The fourth-order valence-corrected chi connectivity index (χ4v) is 3.96. The number of carbonyl (C=O) groups excluding carboxylic acids is 1. The van der Waals surface area contributed by atoms with Crippen LogP contribution in [0.3, 0.4) is 0 Å². The van der Waals surface area contributed by atoms with Gasteiger partial charge in [-0.05, 0) is 41.2 Å². The van der Waals surface area contributed by atoms with Crippen LogP contribution in [0.1, 0.15) is 43.5 Å². The molecule has 2 heteroatoms. The third-order valence-electron chi connectivity index (χ3n) is 4.71. The van der Waals surface area contributed by atoms with Crippen LogP contribution in [-0.4, -0.2) is 5.78 Å². The van der Waals surface area contributed by atoms with Crippen molar-refractivity contribution in [2.75, 3.05) is 0 Å². The van der Waals surface area contributed by atoms with Crippen molar-refractivity contribution in [1.82, 2.24) is 0 Å². The summed E-state index contributed by atoms with van der Waals surface area (Å²) >= 11 is 3.57. The van der Waals surface area contributed by atoms with Gasteiger partial charge in [0.25, 0.3) is 0 Å². The van der Waals surface area contributed by atoms with Crippen molar-refractivity contribution in [1.29, 1.82) is 0 Å². The maximum Gasteiger partial charge on any atom is 0.167 e. The minimum Gasteiger partial charge on any atom is -0.294 e. The molecular formula is C18H19BrO. The van der Waals surface area contributed by atoms with Gasteiger partial charge in [0.15, 0.2) is 5.78 Å². The van der Waals surface area contributed by atoms with Crippen molar-refractivity contribution < 1.29 is 4.79 Å². The fraction of sp³-hybridized carbons (Fsp3) is 0.389. The molecule has 104 valence electrons. The van der Waals surface area contributed by atoms with Crippen molar-refractivity contribution >= 4 is 32.5 Å². The molecular weight excluding hydrogens is 312 g/mol. The number of hydrogen-bond donors (Lipinski definition) is 0. The van der Waals surface area contributed by atoms with E-state index in [1.54, 1.807) is 0 Å². The molecule has 0 N–H and O–H groups in total. The van der Waals surface area contributed by atoms with Crippen LogP contribution in [0, 0.1) is 11.3 Å². The van der Waals surface area contributed by atoms with E-state index in [1.165, 1.54) is 0 Å². The molecule has 1 aliphatic carbocycles. The van der Waals surface area contributed by atoms with Gasteiger partial charge >= 0.3 is 0 Å². The summed E-state index contributed by atoms with van der Waals surface area (Å²) in [4.78, 5) is 13.0. The summed E-state index contributed by atoms with van der Waals surface area (Å²) in [6.45, 7) is 4.45. The summed E-state index contributed by atoms with van der Waals surface area (Å²) in [7, 11) is 0. The average molecular weight is 331 g/mol. The van der Waals surface area contributed by atoms with Crippen molar-refractivity contribution in [2.24, 2.45) is 11.3 Å². The van der Waals surface area contributed by atoms with Crippen molar-refractivity contribution in [3.05, 3.63) is 46.4 Å². The van der Waals surface area contributed by atoms with E-state index in [0.29, 0.717) is 5.78 Å². The summed E-state index contributed by atoms with van der Waals surface area (Å²) < 4.78 is 1.05. The van der Waals surface area contributed by atoms with Crippen LogP contribution in [0.25, 0.3) is 10.8 Å². The van der Waals surface area contributed by atoms with Gasteiger partial charge in [-0.25, -0.2) is 0 Å². The molecule has 0 heterocycles. The van der Waals surface area contributed by atoms with Crippen molar-refractivity contribution in [2.45, 2.75) is 33.1 Å². The van der Waals surface area contributed by atoms with Crippen molar-refractivity contribution in [3.8, 4) is 0 Å². The molecule has 0 amide bonds. The maximum absolute atomic E-state index is 13.0. The minimum atomic E-state index is 0.130. The Morgan fingerprint density at radius 2 is 1.85 bits per heavy atom. The average Bonchev–Trinajstić information content (AvgIpc) is 2.78. The SMILES string of the molecule is CC1(C)CCCC1C(=O)c1ccc(Br)c2ccccc12. The fourth-order valence-electron chi connectivity index (χ4n) is 3.48. The van der Waals surface area contributed by atoms with Gasteiger partial charge in [0, 0.05) is 16.0 Å². The first kappa shape index (κ1) is 13.8. The van der Waals surface area contributed by atoms with Crippen LogP contribution in [-0.2, 0) is 0 Å². The number of fused-ring (bicyclic) bond motifs is 1. The highest BCUT2D eigenvalue weighted by Gasteiger charge is 2.39. The molecule has 2 aromatic carbocycles. The lowest BCUT2D eigenvalue weighted by Crippen LogP contribution is -2.26. The number of Topliss-reactive ketones (excluding diaryl/α,β-unsaturated/α-hetero) is 1. The molecule has 1 unspecified atom stereocenters. The highest BCUT2D eigenvalue weighted by Crippen LogP contribution is 2.45. The van der Waals surface area contributed by atoms with Crippen LogP contribution >= 0.6 is 15.9 Å². The molecule has 0 aromatic heterocycles. The zero-order valence-electron chi connectivity index (χ0n) is 11.9. The minimum absolute atomic E-state index is 0.130. The van der Waals surface area contributed by atoms with E-state index in [2.05, 4.69) is 41.9 Å². The number of ketones is 1. The summed E-state index contributed by atoms with van der Waals surface area (Å²) in [5.41, 5.74) is 1.01. The number of hydrogen-bond acceptors (Lipinski definition) is 1. The van der Waals surface area contributed by atoms with E-state index in [4.69, 9.17) is 0 Å². The summed E-state index contributed by atoms with van der Waals surface area (Å²) in [6, 6.07) is 12.1. The molecule has 0 radical (unpaired) electrons. The number of carbonyl (C=O) groups is 1. The third-order valence-corrected chi connectivity index (χ3v) is 5.40. The van der Waals surface area contributed by atoms with Gasteiger partial charge in [-0.2, -0.15) is 0 Å². The highest BCUT2D eigenvalue weighted by molar-refractivity contribution is 9.10. The second-order valence-electron chi connectivity index (χ2n) is 6.44. The maximum atomic E-state index is 13.0. The van der Waals surface area contributed by atoms with Crippen LogP contribution < -0.4 is 0 Å². The Kier molecular flexibility index (Phi) is 3.45. The molecule has 1 nitrogen and oxygen atoms in total. The highest BCUT2D eigenvalue weighted by atomic mass is 79.9. The molecule has 0 spiro atoms. The number of rotatable bonds is 2. The van der Waals surface area contributed by atoms with Crippen molar-refractivity contribution in [3.63, 3.8) is 0 Å². The molecule has 1 atom stereocenters. The predicted octanol–water partition coefficient (Wildman–Crippen LogP) is 5.61. The predicted molar refractivity (Wildman–Crippen MR) is 87.1 cm³/mol. The molecule has 1 saturated carbocycles. The Balaban J connectivity index is 2.11. The molecule has 1 fully saturated rings. The van der Waals surface area contributed by atoms with Crippen LogP contribution in [0.2, 0.25) is 0 Å². The second kappa shape index (κ2) is 5.00. The standard InChI is InChI=1S/C18H19BrO/c1-18(2)11-5-8-15(18)17(20)14-9-10-16(19)13-7-4-3-6-12(13)14/h3-4,6-7,9-10,15H,5,8,11H2,1-2H3. The first-order valence-corrected chi connectivity index (χ1v) is 8.01. The lowest BCUT2D eigenvalue weighted by molar-refractivity contribution is 0.0841. The zero-order chi connectivity index (χ0) is 14.3. The molecule has 20 heavy (non-hydrogen) atoms. The molecule has 3 rings (SSSR count). The number of benzene rings is 2. The van der Waals surface area contributed by atoms with E-state index < -0.39 is 0 Å². The van der Waals surface area contributed by atoms with Gasteiger partial charge in [-0.15, -0.1) is 0 Å². The first-order chi connectivity index (χ1) is 9.50. The number of halogens is 1. The molecule has 0 bridgehead atoms. The van der Waals surface area contributed by atoms with E-state index >= 15 is 0 Å². The van der Waals surface area contributed by atoms with E-state index in [1.807, 2.05) is 24.3 Å². The third kappa shape index (κ3) is 2.20. The van der Waals surface area contributed by atoms with Gasteiger partial charge in [-0.1, -0.05) is 60.5 Å². The Bertz CT molecular complexity index is 672. The topological polar surface area (TPSA) is 17.1 Å². The Hall–Kier alpha value is -1.15. The second-order valence-corrected chi connectivity index (χ2v) is 7.29. The Morgan fingerprint density at radius 3 is 2.50 bits per heavy atom. The summed E-state index contributed by atoms with van der Waals surface area (Å²) in [5, 5.41) is 2.18. The van der Waals surface area contributed by atoms with Gasteiger partial charge in [0.05, 0.1) is 0 Å². The first-order valence-electron chi connectivity index (χ1n) is 7.22. The normalized spacial score (nSPS) is 21.2. The quantitative estimate of drug-likeness (QED) is 0.654. The monoisotopic (exact) mass is 330 g/mol. The van der Waals surface area contributed by atoms with Crippen LogP contribution in [0.4, 0.5) is 0 Å². The molecule has 2 aromatic rings. The van der Waals surface area contributed by atoms with E-state index in [0.717, 1.165) is 40.1 Å².